The second kappa shape index (κ2) is 8.44. The van der Waals surface area contributed by atoms with Crippen LogP contribution in [0.3, 0.4) is 0 Å². The summed E-state index contributed by atoms with van der Waals surface area (Å²) in [5.74, 6) is -1.36. The van der Waals surface area contributed by atoms with Gasteiger partial charge < -0.3 is 10.2 Å². The molecule has 5 rings (SSSR count). The molecular weight excluding hydrogens is 410 g/mol. The molecule has 1 aliphatic carbocycles. The van der Waals surface area contributed by atoms with Crippen LogP contribution in [0.5, 0.6) is 0 Å². The molecule has 2 N–H and O–H groups in total. The zero-order valence-corrected chi connectivity index (χ0v) is 19.0. The Bertz CT molecular complexity index is 1110. The van der Waals surface area contributed by atoms with Crippen molar-refractivity contribution in [3.05, 3.63) is 107 Å². The van der Waals surface area contributed by atoms with E-state index < -0.39 is 22.9 Å². The van der Waals surface area contributed by atoms with Gasteiger partial charge in [-0.05, 0) is 36.5 Å². The van der Waals surface area contributed by atoms with Crippen LogP contribution in [0.25, 0.3) is 0 Å². The maximum atomic E-state index is 13.2. The van der Waals surface area contributed by atoms with E-state index in [1.165, 1.54) is 0 Å². The van der Waals surface area contributed by atoms with E-state index >= 15 is 0 Å². The van der Waals surface area contributed by atoms with Crippen molar-refractivity contribution in [2.75, 3.05) is 13.1 Å². The topological polar surface area (TPSA) is 60.8 Å². The van der Waals surface area contributed by atoms with E-state index in [9.17, 15) is 15.0 Å². The quantitative estimate of drug-likeness (QED) is 0.587. The number of likely N-dealkylation sites (tertiary alicyclic amines) is 1. The summed E-state index contributed by atoms with van der Waals surface area (Å²) in [7, 11) is 0. The molecule has 4 heteroatoms. The predicted octanol–water partition coefficient (Wildman–Crippen LogP) is 4.96. The lowest BCUT2D eigenvalue weighted by atomic mass is 9.53. The molecule has 2 aliphatic rings. The van der Waals surface area contributed by atoms with Gasteiger partial charge in [-0.1, -0.05) is 90.5 Å². The molecule has 1 saturated heterocycles. The molecule has 33 heavy (non-hydrogen) atoms. The Hall–Kier alpha value is -2.95. The number of aliphatic hydroxyl groups is 1. The molecule has 0 spiro atoms. The highest BCUT2D eigenvalue weighted by molar-refractivity contribution is 5.78. The average molecular weight is 442 g/mol. The van der Waals surface area contributed by atoms with Gasteiger partial charge in [0.2, 0.25) is 0 Å². The second-order valence-corrected chi connectivity index (χ2v) is 9.85. The minimum absolute atomic E-state index is 0.146. The number of aryl methyl sites for hydroxylation is 1. The first-order valence-electron chi connectivity index (χ1n) is 11.8. The molecule has 2 fully saturated rings. The van der Waals surface area contributed by atoms with Crippen LogP contribution >= 0.6 is 0 Å². The highest BCUT2D eigenvalue weighted by Crippen LogP contribution is 2.61. The maximum Gasteiger partial charge on any atom is 0.312 e. The van der Waals surface area contributed by atoms with E-state index in [0.717, 1.165) is 22.3 Å². The number of hydrogen-bond acceptors (Lipinski definition) is 3. The first-order chi connectivity index (χ1) is 15.9. The van der Waals surface area contributed by atoms with Crippen LogP contribution in [0.1, 0.15) is 41.0 Å². The predicted molar refractivity (Wildman–Crippen MR) is 129 cm³/mol. The minimum Gasteiger partial charge on any atom is -0.481 e. The number of carboxylic acid groups (broad SMARTS) is 1. The number of rotatable bonds is 5. The Labute approximate surface area is 195 Å². The van der Waals surface area contributed by atoms with E-state index in [4.69, 9.17) is 0 Å². The molecule has 0 amide bonds. The van der Waals surface area contributed by atoms with Gasteiger partial charge in [0.1, 0.15) is 0 Å². The summed E-state index contributed by atoms with van der Waals surface area (Å²) in [4.78, 5) is 15.4. The van der Waals surface area contributed by atoms with Crippen molar-refractivity contribution in [1.82, 2.24) is 4.90 Å². The Morgan fingerprint density at radius 2 is 1.61 bits per heavy atom. The van der Waals surface area contributed by atoms with Gasteiger partial charge >= 0.3 is 5.97 Å². The lowest BCUT2D eigenvalue weighted by Crippen LogP contribution is -2.56. The van der Waals surface area contributed by atoms with E-state index in [0.29, 0.717) is 32.5 Å². The van der Waals surface area contributed by atoms with Crippen molar-refractivity contribution in [1.29, 1.82) is 0 Å². The molecular formula is C29H31NO3. The van der Waals surface area contributed by atoms with Gasteiger partial charge in [-0.2, -0.15) is 0 Å². The second-order valence-electron chi connectivity index (χ2n) is 9.85. The molecule has 3 aromatic carbocycles. The Kier molecular flexibility index (Phi) is 5.59. The van der Waals surface area contributed by atoms with Gasteiger partial charge in [-0.25, -0.2) is 0 Å². The van der Waals surface area contributed by atoms with E-state index in [1.54, 1.807) is 0 Å². The van der Waals surface area contributed by atoms with Crippen LogP contribution in [0.4, 0.5) is 0 Å². The number of carboxylic acids is 1. The number of benzene rings is 3. The number of hydrogen-bond donors (Lipinski definition) is 2. The van der Waals surface area contributed by atoms with Crippen molar-refractivity contribution in [2.45, 2.75) is 37.8 Å². The number of aliphatic carboxylic acids is 1. The third-order valence-electron chi connectivity index (χ3n) is 7.96. The molecule has 1 heterocycles. The highest BCUT2D eigenvalue weighted by Gasteiger charge is 2.66. The third kappa shape index (κ3) is 3.68. The molecule has 0 aromatic heterocycles. The first kappa shape index (κ1) is 21.9. The lowest BCUT2D eigenvalue weighted by molar-refractivity contribution is -0.169. The lowest BCUT2D eigenvalue weighted by Gasteiger charge is -2.51. The van der Waals surface area contributed by atoms with E-state index in [2.05, 4.69) is 17.0 Å². The fourth-order valence-corrected chi connectivity index (χ4v) is 6.36. The summed E-state index contributed by atoms with van der Waals surface area (Å²) in [6.07, 6.45) is 1.19. The highest BCUT2D eigenvalue weighted by atomic mass is 16.4. The molecule has 1 aliphatic heterocycles. The smallest absolute Gasteiger partial charge is 0.312 e. The molecule has 0 radical (unpaired) electrons. The van der Waals surface area contributed by atoms with Crippen LogP contribution in [-0.4, -0.2) is 34.2 Å². The number of fused-ring (bicyclic) bond motifs is 1. The van der Waals surface area contributed by atoms with Crippen molar-refractivity contribution in [3.63, 3.8) is 0 Å². The Morgan fingerprint density at radius 1 is 0.970 bits per heavy atom. The molecule has 4 unspecified atom stereocenters. The molecule has 1 saturated carbocycles. The van der Waals surface area contributed by atoms with Crippen LogP contribution < -0.4 is 0 Å². The molecule has 170 valence electrons. The normalized spacial score (nSPS) is 29.5. The zero-order chi connectivity index (χ0) is 23.1. The molecule has 4 nitrogen and oxygen atoms in total. The molecule has 4 atom stereocenters. The standard InChI is InChI=1S/C29H31NO3/c1-21-12-14-24(15-13-21)29(33)17-16-25(23-10-6-3-7-11-23)28(27(31)32)20-30(19-26(28)29)18-22-8-4-2-5-9-22/h2-15,25-26,33H,16-20H2,1H3,(H,31,32). The summed E-state index contributed by atoms with van der Waals surface area (Å²) in [6.45, 7) is 3.68. The largest absolute Gasteiger partial charge is 0.481 e. The van der Waals surface area contributed by atoms with Gasteiger partial charge in [0, 0.05) is 31.5 Å². The monoisotopic (exact) mass is 441 g/mol. The van der Waals surface area contributed by atoms with E-state index in [1.807, 2.05) is 79.7 Å². The maximum absolute atomic E-state index is 13.2. The van der Waals surface area contributed by atoms with E-state index in [-0.39, 0.29) is 5.92 Å². The molecule has 0 bridgehead atoms. The summed E-state index contributed by atoms with van der Waals surface area (Å²) < 4.78 is 0. The van der Waals surface area contributed by atoms with Crippen LogP contribution in [0.15, 0.2) is 84.9 Å². The summed E-state index contributed by atoms with van der Waals surface area (Å²) in [6, 6.07) is 28.2. The van der Waals surface area contributed by atoms with Crippen LogP contribution in [0.2, 0.25) is 0 Å². The summed E-state index contributed by atoms with van der Waals surface area (Å²) in [5, 5.41) is 23.0. The van der Waals surface area contributed by atoms with Crippen LogP contribution in [-0.2, 0) is 16.9 Å². The SMILES string of the molecule is Cc1ccc(C2(O)CCC(c3ccccc3)C3(C(=O)O)CN(Cc4ccccc4)CC23)cc1. The minimum atomic E-state index is -1.18. The van der Waals surface area contributed by atoms with Crippen molar-refractivity contribution in [2.24, 2.45) is 11.3 Å². The number of nitrogens with zero attached hydrogens (tertiary/aromatic N) is 1. The van der Waals surface area contributed by atoms with Gasteiger partial charge in [-0.3, -0.25) is 9.69 Å². The Morgan fingerprint density at radius 3 is 2.24 bits per heavy atom. The third-order valence-corrected chi connectivity index (χ3v) is 7.96. The average Bonchev–Trinajstić information content (AvgIpc) is 3.22. The molecule has 3 aromatic rings. The van der Waals surface area contributed by atoms with Gasteiger partial charge in [0.25, 0.3) is 0 Å². The summed E-state index contributed by atoms with van der Waals surface area (Å²) in [5.41, 5.74) is 1.93. The van der Waals surface area contributed by atoms with Crippen molar-refractivity contribution in [3.8, 4) is 0 Å². The summed E-state index contributed by atoms with van der Waals surface area (Å²) >= 11 is 0. The first-order valence-corrected chi connectivity index (χ1v) is 11.8. The Balaban J connectivity index is 1.60. The van der Waals surface area contributed by atoms with Crippen molar-refractivity contribution < 1.29 is 15.0 Å². The fraction of sp³-hybridized carbons (Fsp3) is 0.345. The number of carbonyl (C=O) groups is 1. The van der Waals surface area contributed by atoms with Gasteiger partial charge in [0.15, 0.2) is 0 Å². The van der Waals surface area contributed by atoms with Gasteiger partial charge in [0.05, 0.1) is 11.0 Å². The fourth-order valence-electron chi connectivity index (χ4n) is 6.36. The van der Waals surface area contributed by atoms with Crippen molar-refractivity contribution >= 4 is 5.97 Å². The zero-order valence-electron chi connectivity index (χ0n) is 19.0. The van der Waals surface area contributed by atoms with Crippen LogP contribution in [0, 0.1) is 18.3 Å². The van der Waals surface area contributed by atoms with Gasteiger partial charge in [-0.15, -0.1) is 0 Å².